The van der Waals surface area contributed by atoms with Gasteiger partial charge in [0.2, 0.25) is 0 Å². The zero-order valence-electron chi connectivity index (χ0n) is 76.9. The van der Waals surface area contributed by atoms with Crippen LogP contribution in [0.5, 0.6) is 0 Å². The molecule has 2 aromatic heterocycles. The summed E-state index contributed by atoms with van der Waals surface area (Å²) in [6.45, 7) is -1.99. The summed E-state index contributed by atoms with van der Waals surface area (Å²) in [7, 11) is 0. The first-order valence-electron chi connectivity index (χ1n) is 42.7. The van der Waals surface area contributed by atoms with E-state index in [-0.39, 0.29) is 70.9 Å². The molecule has 14 aromatic carbocycles. The standard InChI is InChI=1S/C41H28O.C38H24O/c1-41(2)35-17-9-7-11-27(35)28-21-19-26(24-36(28)41)40-32-15-5-3-13-30(32)39(31-14-4-6-16-33(31)40)25-20-22-38-34(23-25)29-12-8-10-18-37(29)42-38;1-2-10-25(11-3-1)26-18-20-27(21-19-26)37-30-13-4-6-15-32(30)38(33-16-7-5-14-31(33)37)28-22-23-36-34(24-28)29-12-8-9-17-35(29)39-36/h3-24H,1-2H3;1-24H/i1D3,3D,4D,5D,6D,7D,9D,11D,13D,14D,15D,16D,17D,19D,21D,24D;1D,2D,3D,4D,5D,6D,7D,10D,11D,13D,14D,15D,16D,18D,19D,20D,21D. The van der Waals surface area contributed by atoms with Crippen LogP contribution in [-0.2, 0) is 5.41 Å². The lowest BCUT2D eigenvalue weighted by molar-refractivity contribution is 0.660. The maximum atomic E-state index is 9.86. The summed E-state index contributed by atoms with van der Waals surface area (Å²) >= 11 is 0. The van der Waals surface area contributed by atoms with Crippen LogP contribution >= 0.6 is 0 Å². The zero-order valence-corrected chi connectivity index (χ0v) is 41.9. The van der Waals surface area contributed by atoms with Crippen molar-refractivity contribution in [2.75, 3.05) is 0 Å². The van der Waals surface area contributed by atoms with E-state index < -0.39 is 256 Å². The molecule has 0 N–H and O–H groups in total. The molecule has 17 rings (SSSR count). The predicted molar refractivity (Wildman–Crippen MR) is 342 cm³/mol. The molecule has 1 aliphatic carbocycles. The first kappa shape index (κ1) is 23.6. The summed E-state index contributed by atoms with van der Waals surface area (Å²) in [6.07, 6.45) is 0. The Hall–Kier alpha value is -10.3. The van der Waals surface area contributed by atoms with Crippen LogP contribution in [-0.4, -0.2) is 0 Å². The molecule has 16 aromatic rings. The number of para-hydroxylation sites is 2. The van der Waals surface area contributed by atoms with E-state index in [1.165, 1.54) is 0 Å². The summed E-state index contributed by atoms with van der Waals surface area (Å²) in [5, 5.41) is 0.230. The number of benzene rings is 14. The second kappa shape index (κ2) is 18.4. The molecule has 0 fully saturated rings. The molecule has 0 amide bonds. The largest absolute Gasteiger partial charge is 0.456 e. The van der Waals surface area contributed by atoms with Crippen LogP contribution < -0.4 is 0 Å². The van der Waals surface area contributed by atoms with E-state index in [9.17, 15) is 17.8 Å². The fraction of sp³-hybridized carbons (Fsp3) is 0.0380. The summed E-state index contributed by atoms with van der Waals surface area (Å²) in [6, 6.07) is 0.614. The highest BCUT2D eigenvalue weighted by Crippen LogP contribution is 2.52. The zero-order chi connectivity index (χ0) is 84.1. The maximum absolute atomic E-state index is 9.86. The molecule has 2 heteroatoms. The van der Waals surface area contributed by atoms with Crippen LogP contribution in [0.2, 0.25) is 0 Å². The second-order valence-corrected chi connectivity index (χ2v) is 19.2. The Morgan fingerprint density at radius 3 is 1.16 bits per heavy atom. The molecule has 0 radical (unpaired) electrons. The van der Waals surface area contributed by atoms with Crippen molar-refractivity contribution in [1.82, 2.24) is 0 Å². The third-order valence-corrected chi connectivity index (χ3v) is 14.7. The lowest BCUT2D eigenvalue weighted by atomic mass is 9.80. The molecule has 0 bridgehead atoms. The summed E-state index contributed by atoms with van der Waals surface area (Å²) in [5.41, 5.74) is -4.78. The van der Waals surface area contributed by atoms with Gasteiger partial charge in [0.05, 0.1) is 43.9 Å². The highest BCUT2D eigenvalue weighted by molar-refractivity contribution is 6.24. The monoisotopic (exact) mass is 1070 g/mol. The van der Waals surface area contributed by atoms with Gasteiger partial charge < -0.3 is 8.83 Å². The SMILES string of the molecule is [2H]c1c([2H])c([2H])c(-c2c([2H])c([2H])c(-c3c4c([2H])c([2H])c([2H])c([2H])c4c(-c4ccc5oc6ccccc6c5c4)c4c([2H])c([2H])c([2H])c([2H])c34)c([2H])c2[2H])c([2H])c1[2H].[2H]c1c([2H])c([2H])c2c(c1[2H])-c1c([2H])c([2H])c(-c3c4c([2H])c([2H])c([2H])c([2H])c4c(-c4ccc5oc6ccccc6c5c4)c4c([2H])c([2H])c([2H])c([2H])c34)c([2H])c1C2(C)C([2H])([2H])[2H]. The van der Waals surface area contributed by atoms with Crippen molar-refractivity contribution < 1.29 is 56.8 Å². The fourth-order valence-electron chi connectivity index (χ4n) is 11.1. The first-order valence-corrected chi connectivity index (χ1v) is 25.2. The van der Waals surface area contributed by atoms with Crippen LogP contribution in [0.15, 0.2) is 287 Å². The first-order chi connectivity index (χ1) is 54.5. The van der Waals surface area contributed by atoms with Gasteiger partial charge in [-0.15, -0.1) is 0 Å². The van der Waals surface area contributed by atoms with Gasteiger partial charge in [-0.05, 0) is 163 Å². The highest BCUT2D eigenvalue weighted by atomic mass is 16.3. The van der Waals surface area contributed by atoms with Gasteiger partial charge in [-0.1, -0.05) is 250 Å². The normalized spacial score (nSPS) is 20.1. The van der Waals surface area contributed by atoms with Crippen molar-refractivity contribution in [3.8, 4) is 66.8 Å². The van der Waals surface area contributed by atoms with Crippen molar-refractivity contribution in [1.29, 1.82) is 0 Å². The molecule has 2 nitrogen and oxygen atoms in total. The van der Waals surface area contributed by atoms with Crippen LogP contribution in [0.4, 0.5) is 0 Å². The van der Waals surface area contributed by atoms with Crippen molar-refractivity contribution in [2.45, 2.75) is 19.2 Å². The van der Waals surface area contributed by atoms with Crippen LogP contribution in [0.25, 0.3) is 154 Å². The van der Waals surface area contributed by atoms with Gasteiger partial charge in [0.25, 0.3) is 0 Å². The van der Waals surface area contributed by atoms with E-state index in [0.29, 0.717) is 43.9 Å². The minimum Gasteiger partial charge on any atom is -0.456 e. The number of furan rings is 2. The molecule has 1 unspecified atom stereocenters. The van der Waals surface area contributed by atoms with E-state index in [4.69, 9.17) is 39.0 Å². The van der Waals surface area contributed by atoms with Gasteiger partial charge in [-0.25, -0.2) is 0 Å². The molecule has 1 atom stereocenters. The lowest BCUT2D eigenvalue weighted by Crippen LogP contribution is -2.14. The molecular weight excluding hydrogens is 981 g/mol. The summed E-state index contributed by atoms with van der Waals surface area (Å²) < 4.78 is 324. The van der Waals surface area contributed by atoms with Crippen molar-refractivity contribution >= 4 is 87.0 Å². The smallest absolute Gasteiger partial charge is 0.135 e. The Morgan fingerprint density at radius 1 is 0.296 bits per heavy atom. The Balaban J connectivity index is 0.000000174. The van der Waals surface area contributed by atoms with Crippen molar-refractivity contribution in [3.05, 3.63) is 289 Å². The topological polar surface area (TPSA) is 26.3 Å². The predicted octanol–water partition coefficient (Wildman–Crippen LogP) is 22.4. The third-order valence-electron chi connectivity index (χ3n) is 14.7. The Bertz CT molecular complexity index is 7080. The number of fused-ring (bicyclic) bond motifs is 13. The molecule has 0 saturated carbocycles. The Kier molecular flexibility index (Phi) is 5.36. The summed E-state index contributed by atoms with van der Waals surface area (Å²) in [5.74, 6) is 0. The van der Waals surface area contributed by atoms with Crippen molar-refractivity contribution in [2.24, 2.45) is 0 Å². The van der Waals surface area contributed by atoms with E-state index in [1.807, 2.05) is 12.1 Å². The number of rotatable bonds is 5. The van der Waals surface area contributed by atoms with Gasteiger partial charge >= 0.3 is 0 Å². The van der Waals surface area contributed by atoms with E-state index >= 15 is 0 Å². The van der Waals surface area contributed by atoms with Crippen LogP contribution in [0, 0.1) is 0 Å². The average molecular weight is 1070 g/mol. The number of hydrogen-bond donors (Lipinski definition) is 0. The van der Waals surface area contributed by atoms with Crippen LogP contribution in [0.1, 0.15) is 72.9 Å². The van der Waals surface area contributed by atoms with Gasteiger partial charge in [0, 0.05) is 31.1 Å². The number of hydrogen-bond acceptors (Lipinski definition) is 2. The molecule has 0 saturated heterocycles. The third kappa shape index (κ3) is 7.41. The van der Waals surface area contributed by atoms with Gasteiger partial charge in [0.15, 0.2) is 0 Å². The minimum absolute atomic E-state index is 0.00376. The summed E-state index contributed by atoms with van der Waals surface area (Å²) in [4.78, 5) is 0. The van der Waals surface area contributed by atoms with Gasteiger partial charge in [0.1, 0.15) is 22.3 Å². The van der Waals surface area contributed by atoms with E-state index in [1.54, 1.807) is 72.8 Å². The van der Waals surface area contributed by atoms with Gasteiger partial charge in [-0.2, -0.15) is 0 Å². The molecule has 0 spiro atoms. The lowest BCUT2D eigenvalue weighted by Gasteiger charge is -2.23. The Labute approximate surface area is 518 Å². The minimum atomic E-state index is -3.15. The molecule has 1 aliphatic rings. The second-order valence-electron chi connectivity index (χ2n) is 19.2. The average Bonchev–Trinajstić information content (AvgIpc) is 1.40. The highest BCUT2D eigenvalue weighted by Gasteiger charge is 2.35. The van der Waals surface area contributed by atoms with Gasteiger partial charge in [-0.3, -0.25) is 0 Å². The molecular formula is C79H52O2. The fourth-order valence-corrected chi connectivity index (χ4v) is 11.1. The molecule has 0 aliphatic heterocycles. The van der Waals surface area contributed by atoms with E-state index in [0.717, 1.165) is 6.92 Å². The van der Waals surface area contributed by atoms with Crippen LogP contribution in [0.3, 0.4) is 0 Å². The quantitative estimate of drug-likeness (QED) is 0.161. The molecule has 2 heterocycles. The molecule has 81 heavy (non-hydrogen) atoms. The van der Waals surface area contributed by atoms with Crippen molar-refractivity contribution in [3.63, 3.8) is 0 Å². The molecule has 380 valence electrons. The maximum Gasteiger partial charge on any atom is 0.135 e. The van der Waals surface area contributed by atoms with E-state index in [2.05, 4.69) is 0 Å². The Morgan fingerprint density at radius 2 is 0.667 bits per heavy atom.